The Morgan fingerprint density at radius 1 is 1.32 bits per heavy atom. The molecule has 1 N–H and O–H groups in total. The van der Waals surface area contributed by atoms with E-state index in [1.807, 2.05) is 0 Å². The number of rotatable bonds is 5. The fraction of sp³-hybridized carbons (Fsp3) is 0.500. The van der Waals surface area contributed by atoms with Gasteiger partial charge in [0.25, 0.3) is 0 Å². The van der Waals surface area contributed by atoms with Gasteiger partial charge in [0.15, 0.2) is 9.84 Å². The van der Waals surface area contributed by atoms with Gasteiger partial charge in [-0.2, -0.15) is 0 Å². The van der Waals surface area contributed by atoms with Crippen molar-refractivity contribution in [3.8, 4) is 0 Å². The number of nitrogens with one attached hydrogen (secondary N) is 1. The molecule has 0 heterocycles. The van der Waals surface area contributed by atoms with Gasteiger partial charge in [-0.25, -0.2) is 17.2 Å². The van der Waals surface area contributed by atoms with E-state index < -0.39 is 26.2 Å². The molecule has 1 rings (SSSR count). The zero-order chi connectivity index (χ0) is 14.8. The van der Waals surface area contributed by atoms with Gasteiger partial charge in [-0.3, -0.25) is 0 Å². The van der Waals surface area contributed by atoms with E-state index in [4.69, 9.17) is 0 Å². The number of halogens is 3. The van der Waals surface area contributed by atoms with E-state index in [0.717, 1.165) is 12.3 Å². The van der Waals surface area contributed by atoms with Crippen LogP contribution < -0.4 is 5.32 Å². The number of hydrogen-bond acceptors (Lipinski definition) is 3. The Kier molecular flexibility index (Phi) is 5.08. The highest BCUT2D eigenvalue weighted by atomic mass is 79.9. The summed E-state index contributed by atoms with van der Waals surface area (Å²) in [4.78, 5) is 0. The van der Waals surface area contributed by atoms with Crippen LogP contribution in [-0.2, 0) is 16.4 Å². The topological polar surface area (TPSA) is 46.2 Å². The van der Waals surface area contributed by atoms with Crippen molar-refractivity contribution in [3.63, 3.8) is 0 Å². The van der Waals surface area contributed by atoms with E-state index >= 15 is 0 Å². The monoisotopic (exact) mass is 355 g/mol. The van der Waals surface area contributed by atoms with Crippen LogP contribution in [0.4, 0.5) is 8.78 Å². The quantitative estimate of drug-likeness (QED) is 0.826. The SMILES string of the molecule is CC(C)(CNCc1c(F)ccc(Br)c1F)S(C)(=O)=O. The van der Waals surface area contributed by atoms with Crippen molar-refractivity contribution in [1.82, 2.24) is 5.32 Å². The first-order valence-electron chi connectivity index (χ1n) is 5.59. The lowest BCUT2D eigenvalue weighted by Gasteiger charge is -2.23. The van der Waals surface area contributed by atoms with Crippen molar-refractivity contribution in [1.29, 1.82) is 0 Å². The lowest BCUT2D eigenvalue weighted by atomic mass is 10.1. The molecule has 1 aromatic rings. The van der Waals surface area contributed by atoms with Crippen molar-refractivity contribution in [2.24, 2.45) is 0 Å². The van der Waals surface area contributed by atoms with E-state index in [-0.39, 0.29) is 23.1 Å². The second kappa shape index (κ2) is 5.85. The van der Waals surface area contributed by atoms with E-state index in [2.05, 4.69) is 21.2 Å². The Hall–Kier alpha value is -0.530. The fourth-order valence-corrected chi connectivity index (χ4v) is 2.09. The van der Waals surface area contributed by atoms with Gasteiger partial charge in [0.1, 0.15) is 11.6 Å². The van der Waals surface area contributed by atoms with Crippen molar-refractivity contribution in [2.45, 2.75) is 25.1 Å². The summed E-state index contributed by atoms with van der Waals surface area (Å²) < 4.78 is 49.3. The van der Waals surface area contributed by atoms with Gasteiger partial charge >= 0.3 is 0 Å². The molecule has 1 aromatic carbocycles. The van der Waals surface area contributed by atoms with E-state index in [9.17, 15) is 17.2 Å². The minimum absolute atomic E-state index is 0.0734. The molecule has 0 saturated heterocycles. The number of hydrogen-bond donors (Lipinski definition) is 1. The maximum Gasteiger partial charge on any atom is 0.153 e. The van der Waals surface area contributed by atoms with E-state index in [1.54, 1.807) is 13.8 Å². The molecule has 0 unspecified atom stereocenters. The predicted octanol–water partition coefficient (Wildman–Crippen LogP) is 2.64. The molecular weight excluding hydrogens is 340 g/mol. The standard InChI is InChI=1S/C12H16BrF2NO2S/c1-12(2,19(3,17)18)7-16-6-8-10(14)5-4-9(13)11(8)15/h4-5,16H,6-7H2,1-3H3. The Balaban J connectivity index is 2.77. The van der Waals surface area contributed by atoms with Crippen LogP contribution in [0.25, 0.3) is 0 Å². The third-order valence-corrected chi connectivity index (χ3v) is 5.76. The molecule has 0 amide bonds. The van der Waals surface area contributed by atoms with Crippen molar-refractivity contribution >= 4 is 25.8 Å². The highest BCUT2D eigenvalue weighted by Crippen LogP contribution is 2.22. The smallest absolute Gasteiger partial charge is 0.153 e. The molecule has 0 aliphatic rings. The average molecular weight is 356 g/mol. The number of sulfone groups is 1. The second-order valence-corrected chi connectivity index (χ2v) is 8.46. The summed E-state index contributed by atoms with van der Waals surface area (Å²) in [5.74, 6) is -1.34. The first-order valence-corrected chi connectivity index (χ1v) is 8.27. The summed E-state index contributed by atoms with van der Waals surface area (Å²) in [6.07, 6.45) is 1.13. The summed E-state index contributed by atoms with van der Waals surface area (Å²) >= 11 is 2.98. The molecule has 0 aliphatic carbocycles. The number of benzene rings is 1. The molecular formula is C12H16BrF2NO2S. The van der Waals surface area contributed by atoms with Crippen LogP contribution in [0.3, 0.4) is 0 Å². The molecule has 0 radical (unpaired) electrons. The Morgan fingerprint density at radius 3 is 2.42 bits per heavy atom. The maximum absolute atomic E-state index is 13.7. The van der Waals surface area contributed by atoms with Crippen molar-refractivity contribution in [3.05, 3.63) is 33.8 Å². The first-order chi connectivity index (χ1) is 8.56. The van der Waals surface area contributed by atoms with Crippen LogP contribution in [0.1, 0.15) is 19.4 Å². The van der Waals surface area contributed by atoms with E-state index in [1.165, 1.54) is 6.07 Å². The molecule has 108 valence electrons. The first kappa shape index (κ1) is 16.5. The van der Waals surface area contributed by atoms with Crippen LogP contribution in [0.5, 0.6) is 0 Å². The van der Waals surface area contributed by atoms with Crippen molar-refractivity contribution < 1.29 is 17.2 Å². The van der Waals surface area contributed by atoms with Crippen LogP contribution in [0, 0.1) is 11.6 Å². The normalized spacial score (nSPS) is 12.7. The Bertz CT molecular complexity index is 573. The maximum atomic E-state index is 13.7. The summed E-state index contributed by atoms with van der Waals surface area (Å²) in [6, 6.07) is 2.44. The Labute approximate surface area is 120 Å². The van der Waals surface area contributed by atoms with Gasteiger partial charge in [0.05, 0.1) is 9.22 Å². The summed E-state index contributed by atoms with van der Waals surface area (Å²) in [5.41, 5.74) is -0.112. The predicted molar refractivity (Wildman–Crippen MR) is 74.7 cm³/mol. The third-order valence-electron chi connectivity index (χ3n) is 3.00. The van der Waals surface area contributed by atoms with Crippen molar-refractivity contribution in [2.75, 3.05) is 12.8 Å². The lowest BCUT2D eigenvalue weighted by Crippen LogP contribution is -2.41. The zero-order valence-corrected chi connectivity index (χ0v) is 13.3. The molecule has 0 fully saturated rings. The van der Waals surface area contributed by atoms with E-state index in [0.29, 0.717) is 0 Å². The molecule has 7 heteroatoms. The molecule has 0 bridgehead atoms. The molecule has 0 atom stereocenters. The Morgan fingerprint density at radius 2 is 1.89 bits per heavy atom. The van der Waals surface area contributed by atoms with Crippen LogP contribution >= 0.6 is 15.9 Å². The van der Waals surface area contributed by atoms with Gasteiger partial charge < -0.3 is 5.32 Å². The zero-order valence-electron chi connectivity index (χ0n) is 10.9. The van der Waals surface area contributed by atoms with Gasteiger partial charge in [0, 0.05) is 24.9 Å². The third kappa shape index (κ3) is 3.97. The van der Waals surface area contributed by atoms with Gasteiger partial charge in [-0.1, -0.05) is 0 Å². The average Bonchev–Trinajstić information content (AvgIpc) is 2.27. The molecule has 3 nitrogen and oxygen atoms in total. The lowest BCUT2D eigenvalue weighted by molar-refractivity contribution is 0.499. The van der Waals surface area contributed by atoms with Gasteiger partial charge in [-0.05, 0) is 41.9 Å². The minimum Gasteiger partial charge on any atom is -0.311 e. The highest BCUT2D eigenvalue weighted by Gasteiger charge is 2.29. The molecule has 0 spiro atoms. The minimum atomic E-state index is -3.24. The molecule has 19 heavy (non-hydrogen) atoms. The molecule has 0 aliphatic heterocycles. The second-order valence-electron chi connectivity index (χ2n) is 4.96. The molecule has 0 saturated carbocycles. The summed E-state index contributed by atoms with van der Waals surface area (Å²) in [7, 11) is -3.24. The fourth-order valence-electron chi connectivity index (χ4n) is 1.35. The largest absolute Gasteiger partial charge is 0.311 e. The summed E-state index contributed by atoms with van der Waals surface area (Å²) in [6.45, 7) is 3.15. The van der Waals surface area contributed by atoms with Crippen LogP contribution in [-0.4, -0.2) is 26.0 Å². The van der Waals surface area contributed by atoms with Gasteiger partial charge in [-0.15, -0.1) is 0 Å². The van der Waals surface area contributed by atoms with Gasteiger partial charge in [0.2, 0.25) is 0 Å². The highest BCUT2D eigenvalue weighted by molar-refractivity contribution is 9.10. The molecule has 0 aromatic heterocycles. The summed E-state index contributed by atoms with van der Waals surface area (Å²) in [5, 5.41) is 2.78. The van der Waals surface area contributed by atoms with Crippen LogP contribution in [0.2, 0.25) is 0 Å². The van der Waals surface area contributed by atoms with Crippen LogP contribution in [0.15, 0.2) is 16.6 Å².